The van der Waals surface area contributed by atoms with Gasteiger partial charge in [0.15, 0.2) is 5.82 Å². The standard InChI is InChI=1S/C26H32N6O/c1-18-21-12-9-14-31(16-20-10-5-4-6-11-20)25(21)28-24(27-18)23-13-7-8-15-32(23)26(33)22-17-30(3)29-19(22)2/h4-6,10-11,17,23H,7-9,12-16H2,1-3H3. The van der Waals surface area contributed by atoms with E-state index in [4.69, 9.17) is 9.97 Å². The number of carbonyl (C=O) groups excluding carboxylic acids is 1. The first-order valence-electron chi connectivity index (χ1n) is 12.0. The number of benzene rings is 1. The molecule has 1 aromatic carbocycles. The number of amides is 1. The molecule has 2 aliphatic heterocycles. The topological polar surface area (TPSA) is 67.2 Å². The zero-order valence-electron chi connectivity index (χ0n) is 19.8. The molecule has 4 heterocycles. The maximum Gasteiger partial charge on any atom is 0.257 e. The van der Waals surface area contributed by atoms with Gasteiger partial charge in [-0.15, -0.1) is 0 Å². The molecular weight excluding hydrogens is 412 g/mol. The van der Waals surface area contributed by atoms with Crippen LogP contribution in [0.4, 0.5) is 5.82 Å². The van der Waals surface area contributed by atoms with Crippen LogP contribution in [-0.4, -0.2) is 43.6 Å². The Kier molecular flexibility index (Phi) is 5.87. The van der Waals surface area contributed by atoms with Gasteiger partial charge in [0.25, 0.3) is 5.91 Å². The van der Waals surface area contributed by atoms with Gasteiger partial charge in [0.1, 0.15) is 5.82 Å². The van der Waals surface area contributed by atoms with Crippen molar-refractivity contribution in [1.29, 1.82) is 0 Å². The third kappa shape index (κ3) is 4.24. The molecular formula is C26H32N6O. The Bertz CT molecular complexity index is 1160. The smallest absolute Gasteiger partial charge is 0.257 e. The number of anilines is 1. The van der Waals surface area contributed by atoms with E-state index < -0.39 is 0 Å². The average Bonchev–Trinajstić information content (AvgIpc) is 3.17. The van der Waals surface area contributed by atoms with Gasteiger partial charge < -0.3 is 9.80 Å². The second-order valence-corrected chi connectivity index (χ2v) is 9.29. The number of hydrogen-bond acceptors (Lipinski definition) is 5. The van der Waals surface area contributed by atoms with Crippen molar-refractivity contribution in [2.45, 2.75) is 58.5 Å². The Morgan fingerprint density at radius 1 is 1.03 bits per heavy atom. The lowest BCUT2D eigenvalue weighted by atomic mass is 9.98. The van der Waals surface area contributed by atoms with Crippen LogP contribution in [-0.2, 0) is 20.0 Å². The molecule has 1 saturated heterocycles. The Morgan fingerprint density at radius 2 is 1.85 bits per heavy atom. The van der Waals surface area contributed by atoms with Gasteiger partial charge >= 0.3 is 0 Å². The van der Waals surface area contributed by atoms with Crippen molar-refractivity contribution in [2.75, 3.05) is 18.0 Å². The molecule has 0 spiro atoms. The zero-order valence-corrected chi connectivity index (χ0v) is 19.8. The molecule has 3 aromatic rings. The normalized spacial score (nSPS) is 18.3. The van der Waals surface area contributed by atoms with Gasteiger partial charge in [-0.3, -0.25) is 9.48 Å². The first kappa shape index (κ1) is 21.6. The van der Waals surface area contributed by atoms with E-state index in [9.17, 15) is 4.79 Å². The van der Waals surface area contributed by atoms with Crippen LogP contribution in [0.2, 0.25) is 0 Å². The first-order chi connectivity index (χ1) is 16.0. The zero-order chi connectivity index (χ0) is 22.9. The van der Waals surface area contributed by atoms with Gasteiger partial charge in [0.2, 0.25) is 0 Å². The van der Waals surface area contributed by atoms with Crippen molar-refractivity contribution >= 4 is 11.7 Å². The quantitative estimate of drug-likeness (QED) is 0.605. The predicted octanol–water partition coefficient (Wildman–Crippen LogP) is 4.15. The molecule has 7 heteroatoms. The summed E-state index contributed by atoms with van der Waals surface area (Å²) in [5.74, 6) is 1.86. The molecule has 0 radical (unpaired) electrons. The monoisotopic (exact) mass is 444 g/mol. The molecule has 7 nitrogen and oxygen atoms in total. The summed E-state index contributed by atoms with van der Waals surface area (Å²) in [7, 11) is 1.86. The predicted molar refractivity (Wildman–Crippen MR) is 128 cm³/mol. The van der Waals surface area contributed by atoms with Gasteiger partial charge in [-0.1, -0.05) is 30.3 Å². The molecule has 1 atom stereocenters. The van der Waals surface area contributed by atoms with E-state index in [1.54, 1.807) is 4.68 Å². The summed E-state index contributed by atoms with van der Waals surface area (Å²) < 4.78 is 1.71. The molecule has 0 aliphatic carbocycles. The number of aromatic nitrogens is 4. The van der Waals surface area contributed by atoms with Crippen LogP contribution < -0.4 is 4.90 Å². The Labute approximate surface area is 195 Å². The maximum atomic E-state index is 13.5. The van der Waals surface area contributed by atoms with E-state index >= 15 is 0 Å². The van der Waals surface area contributed by atoms with Crippen LogP contribution in [0.3, 0.4) is 0 Å². The van der Waals surface area contributed by atoms with Crippen LogP contribution in [0.1, 0.15) is 70.4 Å². The van der Waals surface area contributed by atoms with Crippen LogP contribution in [0.25, 0.3) is 0 Å². The van der Waals surface area contributed by atoms with Gasteiger partial charge in [-0.2, -0.15) is 5.10 Å². The molecule has 0 saturated carbocycles. The summed E-state index contributed by atoms with van der Waals surface area (Å²) in [6.45, 7) is 6.54. The Morgan fingerprint density at radius 3 is 2.61 bits per heavy atom. The SMILES string of the molecule is Cc1nn(C)cc1C(=O)N1CCCCC1c1nc(C)c2c(n1)N(Cc1ccccc1)CCC2. The summed E-state index contributed by atoms with van der Waals surface area (Å²) in [6.07, 6.45) is 6.91. The fourth-order valence-electron chi connectivity index (χ4n) is 5.22. The van der Waals surface area contributed by atoms with Crippen molar-refractivity contribution in [1.82, 2.24) is 24.6 Å². The van der Waals surface area contributed by atoms with E-state index in [1.165, 1.54) is 11.1 Å². The highest BCUT2D eigenvalue weighted by Gasteiger charge is 2.33. The lowest BCUT2D eigenvalue weighted by Crippen LogP contribution is -2.40. The van der Waals surface area contributed by atoms with Crippen molar-refractivity contribution in [3.63, 3.8) is 0 Å². The first-order valence-corrected chi connectivity index (χ1v) is 12.0. The average molecular weight is 445 g/mol. The number of hydrogen-bond donors (Lipinski definition) is 0. The fraction of sp³-hybridized carbons (Fsp3) is 0.462. The van der Waals surface area contributed by atoms with E-state index in [2.05, 4.69) is 47.3 Å². The molecule has 1 amide bonds. The van der Waals surface area contributed by atoms with Crippen LogP contribution in [0.5, 0.6) is 0 Å². The van der Waals surface area contributed by atoms with E-state index in [0.29, 0.717) is 5.56 Å². The molecule has 0 N–H and O–H groups in total. The minimum Gasteiger partial charge on any atom is -0.352 e. The lowest BCUT2D eigenvalue weighted by Gasteiger charge is -2.36. The molecule has 33 heavy (non-hydrogen) atoms. The molecule has 5 rings (SSSR count). The number of carbonyl (C=O) groups is 1. The summed E-state index contributed by atoms with van der Waals surface area (Å²) in [5, 5.41) is 4.38. The van der Waals surface area contributed by atoms with E-state index in [1.807, 2.05) is 25.1 Å². The summed E-state index contributed by atoms with van der Waals surface area (Å²) in [4.78, 5) is 27.9. The van der Waals surface area contributed by atoms with Gasteiger partial charge in [-0.05, 0) is 51.5 Å². The third-order valence-electron chi connectivity index (χ3n) is 6.89. The lowest BCUT2D eigenvalue weighted by molar-refractivity contribution is 0.0598. The third-order valence-corrected chi connectivity index (χ3v) is 6.89. The molecule has 1 fully saturated rings. The Hall–Kier alpha value is -3.22. The van der Waals surface area contributed by atoms with Crippen LogP contribution >= 0.6 is 0 Å². The molecule has 2 aromatic heterocycles. The van der Waals surface area contributed by atoms with Gasteiger partial charge in [0.05, 0.1) is 17.3 Å². The highest BCUT2D eigenvalue weighted by Crippen LogP contribution is 2.35. The summed E-state index contributed by atoms with van der Waals surface area (Å²) in [5.41, 5.74) is 5.01. The fourth-order valence-corrected chi connectivity index (χ4v) is 5.22. The molecule has 2 aliphatic rings. The second-order valence-electron chi connectivity index (χ2n) is 9.29. The van der Waals surface area contributed by atoms with E-state index in [-0.39, 0.29) is 11.9 Å². The number of likely N-dealkylation sites (tertiary alicyclic amines) is 1. The van der Waals surface area contributed by atoms with Crippen molar-refractivity contribution in [2.24, 2.45) is 7.05 Å². The summed E-state index contributed by atoms with van der Waals surface area (Å²) in [6, 6.07) is 10.5. The highest BCUT2D eigenvalue weighted by molar-refractivity contribution is 5.95. The number of piperidine rings is 1. The Balaban J connectivity index is 1.49. The largest absolute Gasteiger partial charge is 0.352 e. The minimum absolute atomic E-state index is 0.0328. The van der Waals surface area contributed by atoms with Gasteiger partial charge in [-0.25, -0.2) is 9.97 Å². The molecule has 172 valence electrons. The van der Waals surface area contributed by atoms with Crippen molar-refractivity contribution in [3.8, 4) is 0 Å². The number of aryl methyl sites for hydroxylation is 3. The molecule has 0 bridgehead atoms. The highest BCUT2D eigenvalue weighted by atomic mass is 16.2. The van der Waals surface area contributed by atoms with Crippen molar-refractivity contribution < 1.29 is 4.79 Å². The maximum absolute atomic E-state index is 13.5. The number of rotatable bonds is 4. The van der Waals surface area contributed by atoms with E-state index in [0.717, 1.165) is 74.8 Å². The second kappa shape index (κ2) is 8.96. The van der Waals surface area contributed by atoms with Crippen molar-refractivity contribution in [3.05, 3.63) is 70.4 Å². The summed E-state index contributed by atoms with van der Waals surface area (Å²) >= 11 is 0. The number of nitrogens with zero attached hydrogens (tertiary/aromatic N) is 6. The minimum atomic E-state index is -0.102. The van der Waals surface area contributed by atoms with Crippen LogP contribution in [0, 0.1) is 13.8 Å². The van der Waals surface area contributed by atoms with Gasteiger partial charge in [0, 0.05) is 44.1 Å². The molecule has 1 unspecified atom stereocenters. The number of fused-ring (bicyclic) bond motifs is 1. The van der Waals surface area contributed by atoms with Crippen LogP contribution in [0.15, 0.2) is 36.5 Å².